The number of fused-ring (bicyclic) bond motifs is 3. The van der Waals surface area contributed by atoms with Gasteiger partial charge >= 0.3 is 5.97 Å². The van der Waals surface area contributed by atoms with E-state index in [2.05, 4.69) is 15.3 Å². The van der Waals surface area contributed by atoms with Crippen molar-refractivity contribution >= 4 is 50.6 Å². The minimum atomic E-state index is -0.283. The largest absolute Gasteiger partial charge is 0.487 e. The highest BCUT2D eigenvalue weighted by molar-refractivity contribution is 7.19. The third-order valence-electron chi connectivity index (χ3n) is 6.21. The summed E-state index contributed by atoms with van der Waals surface area (Å²) in [4.78, 5) is 23.2. The fourth-order valence-corrected chi connectivity index (χ4v) is 6.01. The molecular weight excluding hydrogens is 501 g/mol. The quantitative estimate of drug-likeness (QED) is 0.253. The maximum Gasteiger partial charge on any atom is 0.306 e. The number of carbonyl (C=O) groups is 1. The molecule has 0 radical (unpaired) electrons. The normalized spacial score (nSPS) is 14.9. The molecule has 5 rings (SSSR count). The second-order valence-corrected chi connectivity index (χ2v) is 10.2. The van der Waals surface area contributed by atoms with Gasteiger partial charge in [-0.15, -0.1) is 11.3 Å². The monoisotopic (exact) mass is 525 g/mol. The van der Waals surface area contributed by atoms with Gasteiger partial charge in [0.2, 0.25) is 0 Å². The lowest BCUT2D eigenvalue weighted by Gasteiger charge is -2.21. The summed E-state index contributed by atoms with van der Waals surface area (Å²) in [6.45, 7) is 2.53. The topological polar surface area (TPSA) is 73.3 Å². The number of esters is 1. The van der Waals surface area contributed by atoms with Gasteiger partial charge in [0, 0.05) is 17.0 Å². The van der Waals surface area contributed by atoms with Crippen molar-refractivity contribution in [3.05, 3.63) is 75.6 Å². The van der Waals surface area contributed by atoms with Gasteiger partial charge in [-0.25, -0.2) is 14.4 Å². The number of aryl methyl sites for hydroxylation is 1. The molecule has 9 heteroatoms. The summed E-state index contributed by atoms with van der Waals surface area (Å²) in [7, 11) is 0. The molecule has 0 aliphatic heterocycles. The van der Waals surface area contributed by atoms with Gasteiger partial charge in [0.15, 0.2) is 0 Å². The molecular formula is C27H25ClFN3O3S. The molecule has 0 spiro atoms. The summed E-state index contributed by atoms with van der Waals surface area (Å²) in [6, 6.07) is 11.6. The third-order valence-corrected chi connectivity index (χ3v) is 7.67. The van der Waals surface area contributed by atoms with E-state index in [9.17, 15) is 9.18 Å². The highest BCUT2D eigenvalue weighted by Crippen LogP contribution is 2.41. The van der Waals surface area contributed by atoms with E-state index < -0.39 is 0 Å². The molecule has 36 heavy (non-hydrogen) atoms. The maximum absolute atomic E-state index is 13.1. The van der Waals surface area contributed by atoms with E-state index in [1.165, 1.54) is 22.6 Å². The highest BCUT2D eigenvalue weighted by Gasteiger charge is 2.27. The molecule has 2 aromatic heterocycles. The summed E-state index contributed by atoms with van der Waals surface area (Å²) in [5.41, 5.74) is 2.89. The first kappa shape index (κ1) is 24.5. The molecule has 1 N–H and O–H groups in total. The Kier molecular flexibility index (Phi) is 7.34. The second kappa shape index (κ2) is 10.8. The summed E-state index contributed by atoms with van der Waals surface area (Å²) in [5, 5.41) is 4.88. The van der Waals surface area contributed by atoms with E-state index in [0.717, 1.165) is 46.5 Å². The molecule has 1 unspecified atom stereocenters. The van der Waals surface area contributed by atoms with Crippen LogP contribution in [0.3, 0.4) is 0 Å². The van der Waals surface area contributed by atoms with Gasteiger partial charge in [-0.05, 0) is 73.6 Å². The Bertz CT molecular complexity index is 1390. The van der Waals surface area contributed by atoms with Crippen LogP contribution in [0.4, 0.5) is 15.9 Å². The molecule has 0 fully saturated rings. The van der Waals surface area contributed by atoms with E-state index in [0.29, 0.717) is 23.8 Å². The number of ether oxygens (including phenoxy) is 2. The number of nitrogens with zero attached hydrogens (tertiary/aromatic N) is 2. The van der Waals surface area contributed by atoms with Crippen molar-refractivity contribution in [1.29, 1.82) is 0 Å². The standard InChI is InChI=1S/C27H25ClFN3O3S/c1-2-34-24(33)12-17-5-9-20-23(11-17)36-27-25(20)26(30-15-31-27)32-19-8-10-22(21(28)13-19)35-14-16-3-6-18(29)7-4-16/h3-4,6-8,10,13,15,17H,2,5,9,11-12,14H2,1H3,(H,30,31,32). The molecule has 1 atom stereocenters. The zero-order valence-electron chi connectivity index (χ0n) is 19.7. The second-order valence-electron chi connectivity index (χ2n) is 8.71. The molecule has 186 valence electrons. The number of thiophene rings is 1. The van der Waals surface area contributed by atoms with E-state index in [1.807, 2.05) is 13.0 Å². The SMILES string of the molecule is CCOC(=O)CC1CCc2c(sc3ncnc(Nc4ccc(OCc5ccc(F)cc5)c(Cl)c4)c23)C1. The van der Waals surface area contributed by atoms with Gasteiger partial charge < -0.3 is 14.8 Å². The van der Waals surface area contributed by atoms with Crippen LogP contribution in [0.25, 0.3) is 10.2 Å². The maximum atomic E-state index is 13.1. The minimum Gasteiger partial charge on any atom is -0.487 e. The number of hydrogen-bond acceptors (Lipinski definition) is 7. The fourth-order valence-electron chi connectivity index (χ4n) is 4.48. The van der Waals surface area contributed by atoms with Crippen LogP contribution in [-0.2, 0) is 29.0 Å². The Balaban J connectivity index is 1.31. The minimum absolute atomic E-state index is 0.129. The van der Waals surface area contributed by atoms with Crippen molar-refractivity contribution in [2.45, 2.75) is 39.2 Å². The lowest BCUT2D eigenvalue weighted by atomic mass is 9.86. The fraction of sp³-hybridized carbons (Fsp3) is 0.296. The van der Waals surface area contributed by atoms with Crippen LogP contribution in [0.15, 0.2) is 48.8 Å². The Morgan fingerprint density at radius 1 is 1.22 bits per heavy atom. The first-order valence-corrected chi connectivity index (χ1v) is 13.0. The van der Waals surface area contributed by atoms with Crippen LogP contribution in [0, 0.1) is 11.7 Å². The molecule has 6 nitrogen and oxygen atoms in total. The zero-order chi connectivity index (χ0) is 25.1. The number of aromatic nitrogens is 2. The predicted octanol–water partition coefficient (Wildman–Crippen LogP) is 6.86. The van der Waals surface area contributed by atoms with Crippen molar-refractivity contribution in [3.8, 4) is 5.75 Å². The molecule has 1 aliphatic carbocycles. The summed E-state index contributed by atoms with van der Waals surface area (Å²) in [6.07, 6.45) is 4.66. The van der Waals surface area contributed by atoms with Gasteiger partial charge in [0.05, 0.1) is 17.0 Å². The Morgan fingerprint density at radius 3 is 2.83 bits per heavy atom. The van der Waals surface area contributed by atoms with Gasteiger partial charge in [-0.1, -0.05) is 23.7 Å². The first-order valence-electron chi connectivity index (χ1n) is 11.8. The Labute approximate surface area is 217 Å². The molecule has 2 aromatic carbocycles. The van der Waals surface area contributed by atoms with Crippen LogP contribution in [0.1, 0.15) is 35.8 Å². The molecule has 4 aromatic rings. The van der Waals surface area contributed by atoms with Crippen LogP contribution in [0.5, 0.6) is 5.75 Å². The summed E-state index contributed by atoms with van der Waals surface area (Å²) < 4.78 is 24.1. The number of rotatable bonds is 8. The highest BCUT2D eigenvalue weighted by atomic mass is 35.5. The van der Waals surface area contributed by atoms with Crippen LogP contribution in [0.2, 0.25) is 5.02 Å². The third kappa shape index (κ3) is 5.44. The van der Waals surface area contributed by atoms with E-state index in [4.69, 9.17) is 21.1 Å². The predicted molar refractivity (Wildman–Crippen MR) is 140 cm³/mol. The van der Waals surface area contributed by atoms with E-state index >= 15 is 0 Å². The number of anilines is 2. The van der Waals surface area contributed by atoms with Crippen molar-refractivity contribution in [1.82, 2.24) is 9.97 Å². The average Bonchev–Trinajstić information content (AvgIpc) is 3.23. The number of benzene rings is 2. The number of hydrogen-bond donors (Lipinski definition) is 1. The Hall–Kier alpha value is -3.23. The lowest BCUT2D eigenvalue weighted by Crippen LogP contribution is -2.18. The van der Waals surface area contributed by atoms with Gasteiger partial charge in [0.25, 0.3) is 0 Å². The van der Waals surface area contributed by atoms with Gasteiger partial charge in [0.1, 0.15) is 35.1 Å². The van der Waals surface area contributed by atoms with E-state index in [-0.39, 0.29) is 24.3 Å². The Morgan fingerprint density at radius 2 is 2.06 bits per heavy atom. The molecule has 0 bridgehead atoms. The molecule has 1 aliphatic rings. The average molecular weight is 526 g/mol. The van der Waals surface area contributed by atoms with Crippen molar-refractivity contribution in [2.24, 2.45) is 5.92 Å². The number of nitrogens with one attached hydrogen (secondary N) is 1. The van der Waals surface area contributed by atoms with Crippen LogP contribution < -0.4 is 10.1 Å². The van der Waals surface area contributed by atoms with E-state index in [1.54, 1.807) is 41.9 Å². The summed E-state index contributed by atoms with van der Waals surface area (Å²) >= 11 is 8.15. The summed E-state index contributed by atoms with van der Waals surface area (Å²) in [5.74, 6) is 1.15. The first-order chi connectivity index (χ1) is 17.5. The van der Waals surface area contributed by atoms with Gasteiger partial charge in [-0.3, -0.25) is 4.79 Å². The van der Waals surface area contributed by atoms with Crippen LogP contribution >= 0.6 is 22.9 Å². The molecule has 0 saturated carbocycles. The van der Waals surface area contributed by atoms with Crippen molar-refractivity contribution in [2.75, 3.05) is 11.9 Å². The lowest BCUT2D eigenvalue weighted by molar-refractivity contribution is -0.144. The zero-order valence-corrected chi connectivity index (χ0v) is 21.3. The number of carbonyl (C=O) groups excluding carboxylic acids is 1. The van der Waals surface area contributed by atoms with Crippen LogP contribution in [-0.4, -0.2) is 22.5 Å². The van der Waals surface area contributed by atoms with Crippen molar-refractivity contribution < 1.29 is 18.7 Å². The molecule has 0 saturated heterocycles. The molecule has 2 heterocycles. The van der Waals surface area contributed by atoms with Gasteiger partial charge in [-0.2, -0.15) is 0 Å². The molecule has 0 amide bonds. The number of halogens is 2. The smallest absolute Gasteiger partial charge is 0.306 e. The van der Waals surface area contributed by atoms with Crippen molar-refractivity contribution in [3.63, 3.8) is 0 Å².